The average Bonchev–Trinajstić information content (AvgIpc) is 3.03. The van der Waals surface area contributed by atoms with Crippen LogP contribution in [0.25, 0.3) is 0 Å². The van der Waals surface area contributed by atoms with Crippen LogP contribution >= 0.6 is 0 Å². The van der Waals surface area contributed by atoms with Gasteiger partial charge in [0.2, 0.25) is 10.0 Å². The van der Waals surface area contributed by atoms with Crippen molar-refractivity contribution in [2.75, 3.05) is 13.1 Å². The molecule has 0 spiro atoms. The zero-order chi connectivity index (χ0) is 14.7. The van der Waals surface area contributed by atoms with Gasteiger partial charge in [0.1, 0.15) is 0 Å². The minimum absolute atomic E-state index is 0.0767. The summed E-state index contributed by atoms with van der Waals surface area (Å²) >= 11 is 0. The third kappa shape index (κ3) is 3.65. The van der Waals surface area contributed by atoms with E-state index in [2.05, 4.69) is 9.62 Å². The van der Waals surface area contributed by atoms with Gasteiger partial charge in [0, 0.05) is 12.1 Å². The van der Waals surface area contributed by atoms with E-state index >= 15 is 0 Å². The first-order valence-corrected chi connectivity index (χ1v) is 9.45. The Kier molecular flexibility index (Phi) is 4.62. The lowest BCUT2D eigenvalue weighted by Gasteiger charge is -2.36. The number of sulfonamides is 1. The molecule has 0 amide bonds. The summed E-state index contributed by atoms with van der Waals surface area (Å²) in [5.41, 5.74) is 0. The second-order valence-electron chi connectivity index (χ2n) is 6.18. The Bertz CT molecular complexity index is 545. The fourth-order valence-electron chi connectivity index (χ4n) is 3.54. The number of rotatable bonds is 4. The van der Waals surface area contributed by atoms with Gasteiger partial charge in [-0.15, -0.1) is 0 Å². The Morgan fingerprint density at radius 1 is 0.952 bits per heavy atom. The maximum atomic E-state index is 12.3. The molecule has 4 nitrogen and oxygen atoms in total. The van der Waals surface area contributed by atoms with Crippen LogP contribution < -0.4 is 4.72 Å². The van der Waals surface area contributed by atoms with Crippen molar-refractivity contribution in [3.8, 4) is 0 Å². The Hall–Kier alpha value is -0.910. The molecule has 0 radical (unpaired) electrons. The van der Waals surface area contributed by atoms with Gasteiger partial charge >= 0.3 is 0 Å². The Balaban J connectivity index is 1.55. The van der Waals surface area contributed by atoms with Gasteiger partial charge in [-0.3, -0.25) is 0 Å². The molecule has 1 N–H and O–H groups in total. The Morgan fingerprint density at radius 2 is 1.57 bits per heavy atom. The summed E-state index contributed by atoms with van der Waals surface area (Å²) in [5, 5.41) is 0. The molecule has 0 bridgehead atoms. The van der Waals surface area contributed by atoms with Crippen LogP contribution in [0.15, 0.2) is 35.2 Å². The van der Waals surface area contributed by atoms with Crippen molar-refractivity contribution in [1.29, 1.82) is 0 Å². The molecule has 1 aromatic carbocycles. The first-order valence-electron chi connectivity index (χ1n) is 7.96. The first-order chi connectivity index (χ1) is 10.1. The number of nitrogens with one attached hydrogen (secondary N) is 1. The summed E-state index contributed by atoms with van der Waals surface area (Å²) in [6.07, 6.45) is 7.18. The number of piperidine rings is 1. The predicted octanol–water partition coefficient (Wildman–Crippen LogP) is 2.37. The summed E-state index contributed by atoms with van der Waals surface area (Å²) in [6, 6.07) is 9.48. The molecule has 0 aromatic heterocycles. The molecule has 2 aliphatic rings. The van der Waals surface area contributed by atoms with Crippen LogP contribution in [0.1, 0.15) is 38.5 Å². The molecule has 116 valence electrons. The van der Waals surface area contributed by atoms with Crippen molar-refractivity contribution in [1.82, 2.24) is 9.62 Å². The Morgan fingerprint density at radius 3 is 2.19 bits per heavy atom. The molecule has 21 heavy (non-hydrogen) atoms. The molecular formula is C16H24N2O2S. The smallest absolute Gasteiger partial charge is 0.240 e. The van der Waals surface area contributed by atoms with Gasteiger partial charge in [-0.2, -0.15) is 0 Å². The molecule has 5 heteroatoms. The SMILES string of the molecule is O=S(=O)(NC1CCN(C2CCCC2)CC1)c1ccccc1. The minimum Gasteiger partial charge on any atom is -0.300 e. The van der Waals surface area contributed by atoms with Crippen LogP contribution in [0.4, 0.5) is 0 Å². The normalized spacial score (nSPS) is 22.7. The van der Waals surface area contributed by atoms with Crippen molar-refractivity contribution < 1.29 is 8.42 Å². The summed E-state index contributed by atoms with van der Waals surface area (Å²) < 4.78 is 27.5. The molecule has 1 aliphatic carbocycles. The van der Waals surface area contributed by atoms with Crippen LogP contribution in [0.3, 0.4) is 0 Å². The van der Waals surface area contributed by atoms with Gasteiger partial charge in [0.25, 0.3) is 0 Å². The van der Waals surface area contributed by atoms with Crippen molar-refractivity contribution in [2.24, 2.45) is 0 Å². The minimum atomic E-state index is -3.36. The second kappa shape index (κ2) is 6.46. The monoisotopic (exact) mass is 308 g/mol. The van der Waals surface area contributed by atoms with Crippen LogP contribution in [-0.4, -0.2) is 38.5 Å². The quantitative estimate of drug-likeness (QED) is 0.929. The largest absolute Gasteiger partial charge is 0.300 e. The highest BCUT2D eigenvalue weighted by molar-refractivity contribution is 7.89. The molecule has 3 rings (SSSR count). The highest BCUT2D eigenvalue weighted by Gasteiger charge is 2.29. The van der Waals surface area contributed by atoms with E-state index in [0.29, 0.717) is 4.90 Å². The topological polar surface area (TPSA) is 49.4 Å². The first kappa shape index (κ1) is 15.0. The molecule has 0 atom stereocenters. The van der Waals surface area contributed by atoms with Crippen LogP contribution in [0, 0.1) is 0 Å². The van der Waals surface area contributed by atoms with E-state index in [1.807, 2.05) is 6.07 Å². The maximum Gasteiger partial charge on any atom is 0.240 e. The summed E-state index contributed by atoms with van der Waals surface area (Å²) in [6.45, 7) is 2.04. The summed E-state index contributed by atoms with van der Waals surface area (Å²) in [7, 11) is -3.36. The molecule has 1 saturated heterocycles. The molecule has 1 aromatic rings. The van der Waals surface area contributed by atoms with Gasteiger partial charge in [0.05, 0.1) is 4.90 Å². The molecular weight excluding hydrogens is 284 g/mol. The molecule has 1 aliphatic heterocycles. The predicted molar refractivity (Wildman–Crippen MR) is 83.6 cm³/mol. The molecule has 0 unspecified atom stereocenters. The lowest BCUT2D eigenvalue weighted by atomic mass is 10.0. The van der Waals surface area contributed by atoms with E-state index in [-0.39, 0.29) is 6.04 Å². The average molecular weight is 308 g/mol. The van der Waals surface area contributed by atoms with Gasteiger partial charge in [0.15, 0.2) is 0 Å². The maximum absolute atomic E-state index is 12.3. The second-order valence-corrected chi connectivity index (χ2v) is 7.90. The van der Waals surface area contributed by atoms with Crippen LogP contribution in [0.2, 0.25) is 0 Å². The third-order valence-corrected chi connectivity index (χ3v) is 6.28. The fraction of sp³-hybridized carbons (Fsp3) is 0.625. The van der Waals surface area contributed by atoms with E-state index < -0.39 is 10.0 Å². The summed E-state index contributed by atoms with van der Waals surface area (Å²) in [4.78, 5) is 2.92. The Labute approximate surface area is 127 Å². The van der Waals surface area contributed by atoms with Crippen molar-refractivity contribution in [3.63, 3.8) is 0 Å². The van der Waals surface area contributed by atoms with Crippen LogP contribution in [0.5, 0.6) is 0 Å². The van der Waals surface area contributed by atoms with Gasteiger partial charge in [-0.25, -0.2) is 13.1 Å². The fourth-order valence-corrected chi connectivity index (χ4v) is 4.87. The van der Waals surface area contributed by atoms with Crippen LogP contribution in [-0.2, 0) is 10.0 Å². The zero-order valence-electron chi connectivity index (χ0n) is 12.4. The zero-order valence-corrected chi connectivity index (χ0v) is 13.2. The highest BCUT2D eigenvalue weighted by atomic mass is 32.2. The van der Waals surface area contributed by atoms with E-state index in [4.69, 9.17) is 0 Å². The number of benzene rings is 1. The van der Waals surface area contributed by atoms with E-state index in [9.17, 15) is 8.42 Å². The number of hydrogen-bond acceptors (Lipinski definition) is 3. The molecule has 1 heterocycles. The van der Waals surface area contributed by atoms with E-state index in [1.165, 1.54) is 25.7 Å². The van der Waals surface area contributed by atoms with Gasteiger partial charge in [-0.1, -0.05) is 31.0 Å². The number of likely N-dealkylation sites (tertiary alicyclic amines) is 1. The van der Waals surface area contributed by atoms with Gasteiger partial charge < -0.3 is 4.90 Å². The number of hydrogen-bond donors (Lipinski definition) is 1. The highest BCUT2D eigenvalue weighted by Crippen LogP contribution is 2.26. The summed E-state index contributed by atoms with van der Waals surface area (Å²) in [5.74, 6) is 0. The molecule has 2 fully saturated rings. The van der Waals surface area contributed by atoms with Gasteiger partial charge in [-0.05, 0) is 50.9 Å². The molecule has 1 saturated carbocycles. The lowest BCUT2D eigenvalue weighted by molar-refractivity contribution is 0.151. The van der Waals surface area contributed by atoms with Crippen molar-refractivity contribution in [2.45, 2.75) is 55.5 Å². The van der Waals surface area contributed by atoms with Crippen molar-refractivity contribution >= 4 is 10.0 Å². The standard InChI is InChI=1S/C16H24N2O2S/c19-21(20,16-8-2-1-3-9-16)17-14-10-12-18(13-11-14)15-6-4-5-7-15/h1-3,8-9,14-15,17H,4-7,10-13H2. The third-order valence-electron chi connectivity index (χ3n) is 4.75. The van der Waals surface area contributed by atoms with Crippen molar-refractivity contribution in [3.05, 3.63) is 30.3 Å². The van der Waals surface area contributed by atoms with E-state index in [0.717, 1.165) is 32.0 Å². The number of nitrogens with zero attached hydrogens (tertiary/aromatic N) is 1. The van der Waals surface area contributed by atoms with E-state index in [1.54, 1.807) is 24.3 Å². The lowest BCUT2D eigenvalue weighted by Crippen LogP contribution is -2.47.